The maximum absolute atomic E-state index is 12.0. The average Bonchev–Trinajstić information content (AvgIpc) is 2.75. The van der Waals surface area contributed by atoms with Crippen molar-refractivity contribution in [2.45, 2.75) is 13.0 Å². The third-order valence-corrected chi connectivity index (χ3v) is 6.04. The zero-order chi connectivity index (χ0) is 14.7. The van der Waals surface area contributed by atoms with Gasteiger partial charge in [-0.25, -0.2) is 4.79 Å². The van der Waals surface area contributed by atoms with Crippen LogP contribution in [0.1, 0.15) is 16.5 Å². The normalized spacial score (nSPS) is 12.0. The number of anilines is 1. The summed E-state index contributed by atoms with van der Waals surface area (Å²) < 4.78 is 6.77. The number of halogens is 2. The monoisotopic (exact) mass is 417 g/mol. The number of ether oxygens (including phenoxy) is 1. The SMILES string of the molecule is COC(=O)C(Nc1cccc(C)c1)c1cc(Br)c(Br)s1. The lowest BCUT2D eigenvalue weighted by Crippen LogP contribution is -2.21. The Morgan fingerprint density at radius 1 is 1.35 bits per heavy atom. The van der Waals surface area contributed by atoms with E-state index in [4.69, 9.17) is 4.74 Å². The fourth-order valence-corrected chi connectivity index (χ4v) is 3.90. The van der Waals surface area contributed by atoms with Gasteiger partial charge in [0, 0.05) is 15.0 Å². The molecule has 0 spiro atoms. The number of aryl methyl sites for hydroxylation is 1. The van der Waals surface area contributed by atoms with Gasteiger partial charge in [-0.05, 0) is 62.5 Å². The molecule has 0 aliphatic rings. The molecule has 0 aliphatic carbocycles. The Kier molecular flexibility index (Phi) is 5.23. The molecule has 1 aromatic heterocycles. The number of methoxy groups -OCH3 is 1. The highest BCUT2D eigenvalue weighted by atomic mass is 79.9. The Morgan fingerprint density at radius 2 is 2.10 bits per heavy atom. The van der Waals surface area contributed by atoms with Crippen molar-refractivity contribution < 1.29 is 9.53 Å². The summed E-state index contributed by atoms with van der Waals surface area (Å²) >= 11 is 8.38. The predicted molar refractivity (Wildman–Crippen MR) is 89.3 cm³/mol. The lowest BCUT2D eigenvalue weighted by Gasteiger charge is -2.16. The Hall–Kier alpha value is -0.850. The minimum atomic E-state index is -0.519. The van der Waals surface area contributed by atoms with Gasteiger partial charge in [0.2, 0.25) is 0 Å². The number of nitrogens with one attached hydrogen (secondary N) is 1. The Morgan fingerprint density at radius 3 is 2.65 bits per heavy atom. The standard InChI is InChI=1S/C14H13Br2NO2S/c1-8-4-3-5-9(6-8)17-12(14(18)19-2)11-7-10(15)13(16)20-11/h3-7,12,17H,1-2H3. The molecule has 0 bridgehead atoms. The van der Waals surface area contributed by atoms with Crippen LogP contribution in [0.15, 0.2) is 38.6 Å². The molecule has 0 saturated heterocycles. The van der Waals surface area contributed by atoms with Gasteiger partial charge in [0.15, 0.2) is 6.04 Å². The lowest BCUT2D eigenvalue weighted by molar-refractivity contribution is -0.141. The lowest BCUT2D eigenvalue weighted by atomic mass is 10.2. The molecule has 1 aromatic carbocycles. The predicted octanol–water partition coefficient (Wildman–Crippen LogP) is 4.91. The summed E-state index contributed by atoms with van der Waals surface area (Å²) in [6, 6.07) is 9.28. The molecule has 2 aromatic rings. The number of carbonyl (C=O) groups excluding carboxylic acids is 1. The minimum Gasteiger partial charge on any atom is -0.467 e. The molecule has 6 heteroatoms. The second-order valence-corrected chi connectivity index (χ2v) is 7.50. The van der Waals surface area contributed by atoms with Crippen molar-refractivity contribution in [2.75, 3.05) is 12.4 Å². The van der Waals surface area contributed by atoms with Crippen LogP contribution >= 0.6 is 43.2 Å². The second-order valence-electron chi connectivity index (χ2n) is 4.24. The number of rotatable bonds is 4. The molecule has 0 amide bonds. The van der Waals surface area contributed by atoms with Gasteiger partial charge in [0.1, 0.15) is 0 Å². The van der Waals surface area contributed by atoms with E-state index in [1.807, 2.05) is 37.3 Å². The first kappa shape index (κ1) is 15.5. The van der Waals surface area contributed by atoms with Gasteiger partial charge < -0.3 is 10.1 Å². The molecule has 0 saturated carbocycles. The third-order valence-electron chi connectivity index (χ3n) is 2.71. The Balaban J connectivity index is 2.31. The highest BCUT2D eigenvalue weighted by Gasteiger charge is 2.24. The highest BCUT2D eigenvalue weighted by Crippen LogP contribution is 2.37. The summed E-state index contributed by atoms with van der Waals surface area (Å²) in [5.41, 5.74) is 2.02. The molecule has 20 heavy (non-hydrogen) atoms. The van der Waals surface area contributed by atoms with Crippen LogP contribution in [0.2, 0.25) is 0 Å². The molecular weight excluding hydrogens is 406 g/mol. The third kappa shape index (κ3) is 3.62. The van der Waals surface area contributed by atoms with Gasteiger partial charge >= 0.3 is 5.97 Å². The molecule has 2 rings (SSSR count). The van der Waals surface area contributed by atoms with E-state index in [0.29, 0.717) is 0 Å². The average molecular weight is 419 g/mol. The van der Waals surface area contributed by atoms with Crippen molar-refractivity contribution in [1.29, 1.82) is 0 Å². The number of hydrogen-bond donors (Lipinski definition) is 1. The summed E-state index contributed by atoms with van der Waals surface area (Å²) in [6.45, 7) is 2.01. The van der Waals surface area contributed by atoms with E-state index < -0.39 is 6.04 Å². The summed E-state index contributed by atoms with van der Waals surface area (Å²) in [4.78, 5) is 12.9. The Labute approximate surface area is 138 Å². The first-order valence-corrected chi connectivity index (χ1v) is 8.27. The van der Waals surface area contributed by atoms with E-state index in [9.17, 15) is 4.79 Å². The van der Waals surface area contributed by atoms with Gasteiger partial charge in [0.05, 0.1) is 10.9 Å². The first-order valence-electron chi connectivity index (χ1n) is 5.87. The molecule has 0 fully saturated rings. The van der Waals surface area contributed by atoms with Gasteiger partial charge in [-0.3, -0.25) is 0 Å². The van der Waals surface area contributed by atoms with Crippen LogP contribution in [0.5, 0.6) is 0 Å². The quantitative estimate of drug-likeness (QED) is 0.717. The largest absolute Gasteiger partial charge is 0.467 e. The molecule has 1 atom stereocenters. The molecule has 106 valence electrons. The molecule has 0 radical (unpaired) electrons. The number of carbonyl (C=O) groups is 1. The first-order chi connectivity index (χ1) is 9.51. The van der Waals surface area contributed by atoms with E-state index in [1.54, 1.807) is 0 Å². The second kappa shape index (κ2) is 6.74. The molecule has 3 nitrogen and oxygen atoms in total. The van der Waals surface area contributed by atoms with Crippen molar-refractivity contribution in [3.8, 4) is 0 Å². The van der Waals surface area contributed by atoms with E-state index in [1.165, 1.54) is 18.4 Å². The molecule has 0 aliphatic heterocycles. The summed E-state index contributed by atoms with van der Waals surface area (Å²) in [7, 11) is 1.39. The number of thiophene rings is 1. The summed E-state index contributed by atoms with van der Waals surface area (Å²) in [5.74, 6) is -0.312. The van der Waals surface area contributed by atoms with E-state index in [2.05, 4.69) is 37.2 Å². The minimum absolute atomic E-state index is 0.312. The maximum Gasteiger partial charge on any atom is 0.333 e. The van der Waals surface area contributed by atoms with Crippen molar-refractivity contribution >= 4 is 54.9 Å². The van der Waals surface area contributed by atoms with Gasteiger partial charge in [-0.2, -0.15) is 0 Å². The Bertz CT molecular complexity index is 608. The highest BCUT2D eigenvalue weighted by molar-refractivity contribution is 9.13. The van der Waals surface area contributed by atoms with Crippen LogP contribution in [0.3, 0.4) is 0 Å². The number of hydrogen-bond acceptors (Lipinski definition) is 4. The molecular formula is C14H13Br2NO2S. The fourth-order valence-electron chi connectivity index (χ4n) is 1.77. The van der Waals surface area contributed by atoms with Crippen molar-refractivity contribution in [1.82, 2.24) is 0 Å². The number of esters is 1. The van der Waals surface area contributed by atoms with E-state index >= 15 is 0 Å². The van der Waals surface area contributed by atoms with Crippen LogP contribution in [0.4, 0.5) is 5.69 Å². The summed E-state index contributed by atoms with van der Waals surface area (Å²) in [6.07, 6.45) is 0. The smallest absolute Gasteiger partial charge is 0.333 e. The van der Waals surface area contributed by atoms with Gasteiger partial charge in [-0.1, -0.05) is 12.1 Å². The van der Waals surface area contributed by atoms with E-state index in [0.717, 1.165) is 24.4 Å². The van der Waals surface area contributed by atoms with Crippen LogP contribution in [0.25, 0.3) is 0 Å². The molecule has 1 heterocycles. The fraction of sp³-hybridized carbons (Fsp3) is 0.214. The van der Waals surface area contributed by atoms with E-state index in [-0.39, 0.29) is 5.97 Å². The van der Waals surface area contributed by atoms with Crippen molar-refractivity contribution in [3.63, 3.8) is 0 Å². The topological polar surface area (TPSA) is 38.3 Å². The molecule has 1 unspecified atom stereocenters. The van der Waals surface area contributed by atoms with Crippen LogP contribution in [-0.2, 0) is 9.53 Å². The maximum atomic E-state index is 12.0. The van der Waals surface area contributed by atoms with Crippen LogP contribution in [0, 0.1) is 6.92 Å². The number of benzene rings is 1. The van der Waals surface area contributed by atoms with Gasteiger partial charge in [-0.15, -0.1) is 11.3 Å². The van der Waals surface area contributed by atoms with Gasteiger partial charge in [0.25, 0.3) is 0 Å². The van der Waals surface area contributed by atoms with Crippen LogP contribution < -0.4 is 5.32 Å². The zero-order valence-corrected chi connectivity index (χ0v) is 14.9. The molecule has 1 N–H and O–H groups in total. The zero-order valence-electron chi connectivity index (χ0n) is 10.9. The van der Waals surface area contributed by atoms with Crippen molar-refractivity contribution in [3.05, 3.63) is 49.0 Å². The van der Waals surface area contributed by atoms with Crippen molar-refractivity contribution in [2.24, 2.45) is 0 Å². The summed E-state index contributed by atoms with van der Waals surface area (Å²) in [5, 5.41) is 3.22. The van der Waals surface area contributed by atoms with Crippen LogP contribution in [-0.4, -0.2) is 13.1 Å².